The van der Waals surface area contributed by atoms with Crippen LogP contribution >= 0.6 is 11.6 Å². The molecule has 1 aliphatic heterocycles. The Morgan fingerprint density at radius 3 is 2.84 bits per heavy atom. The maximum Gasteiger partial charge on any atom is 0.273 e. The number of aryl methyl sites for hydroxylation is 1. The molecule has 1 saturated heterocycles. The first kappa shape index (κ1) is 17.7. The second-order valence-electron chi connectivity index (χ2n) is 6.82. The molecule has 1 aliphatic rings. The van der Waals surface area contributed by atoms with Gasteiger partial charge in [0, 0.05) is 36.7 Å². The third kappa shape index (κ3) is 3.46. The van der Waals surface area contributed by atoms with Crippen LogP contribution in [0.5, 0.6) is 0 Å². The summed E-state index contributed by atoms with van der Waals surface area (Å²) in [6, 6.07) is 3.58. The van der Waals surface area contributed by atoms with Gasteiger partial charge in [-0.05, 0) is 39.7 Å². The lowest BCUT2D eigenvalue weighted by atomic mass is 9.96. The molecular weight excluding hydrogens is 342 g/mol. The Bertz CT molecular complexity index is 789. The molecule has 25 heavy (non-hydrogen) atoms. The van der Waals surface area contributed by atoms with E-state index in [1.165, 1.54) is 6.07 Å². The molecule has 0 radical (unpaired) electrons. The molecule has 2 heterocycles. The lowest BCUT2D eigenvalue weighted by Gasteiger charge is -2.35. The van der Waals surface area contributed by atoms with E-state index in [0.29, 0.717) is 16.6 Å². The van der Waals surface area contributed by atoms with Crippen molar-refractivity contribution in [3.8, 4) is 0 Å². The molecular formula is C17H22ClN5O2. The number of piperidine rings is 1. The van der Waals surface area contributed by atoms with Gasteiger partial charge in [0.1, 0.15) is 12.2 Å². The number of benzene rings is 1. The molecule has 1 unspecified atom stereocenters. The Morgan fingerprint density at radius 2 is 2.16 bits per heavy atom. The minimum absolute atomic E-state index is 0.0573. The number of rotatable bonds is 4. The van der Waals surface area contributed by atoms with E-state index < -0.39 is 4.92 Å². The van der Waals surface area contributed by atoms with Crippen LogP contribution < -0.4 is 4.90 Å². The summed E-state index contributed by atoms with van der Waals surface area (Å²) < 4.78 is 2.11. The van der Waals surface area contributed by atoms with E-state index in [0.717, 1.165) is 37.4 Å². The van der Waals surface area contributed by atoms with Crippen molar-refractivity contribution >= 4 is 23.0 Å². The maximum absolute atomic E-state index is 11.1. The molecule has 0 spiro atoms. The van der Waals surface area contributed by atoms with E-state index in [1.807, 2.05) is 6.07 Å². The average molecular weight is 364 g/mol. The zero-order valence-corrected chi connectivity index (χ0v) is 15.4. The third-order valence-corrected chi connectivity index (χ3v) is 5.05. The van der Waals surface area contributed by atoms with Crippen molar-refractivity contribution in [2.75, 3.05) is 18.0 Å². The van der Waals surface area contributed by atoms with E-state index in [-0.39, 0.29) is 11.6 Å². The van der Waals surface area contributed by atoms with Gasteiger partial charge in [0.15, 0.2) is 0 Å². The van der Waals surface area contributed by atoms with Crippen LogP contribution in [-0.4, -0.2) is 32.8 Å². The van der Waals surface area contributed by atoms with E-state index in [9.17, 15) is 10.1 Å². The summed E-state index contributed by atoms with van der Waals surface area (Å²) in [5, 5.41) is 19.9. The van der Waals surface area contributed by atoms with Gasteiger partial charge in [0.2, 0.25) is 0 Å². The van der Waals surface area contributed by atoms with E-state index in [4.69, 9.17) is 11.6 Å². The molecule has 0 bridgehead atoms. The first-order valence-corrected chi connectivity index (χ1v) is 8.85. The normalized spacial score (nSPS) is 18.0. The first-order chi connectivity index (χ1) is 11.9. The number of nitrogens with zero attached hydrogens (tertiary/aromatic N) is 5. The van der Waals surface area contributed by atoms with Crippen LogP contribution in [0.4, 0.5) is 11.4 Å². The number of aromatic nitrogens is 3. The van der Waals surface area contributed by atoms with Crippen molar-refractivity contribution in [3.63, 3.8) is 0 Å². The van der Waals surface area contributed by atoms with Crippen molar-refractivity contribution in [1.29, 1.82) is 0 Å². The highest BCUT2D eigenvalue weighted by molar-refractivity contribution is 6.33. The standard InChI is InChI=1S/C17H22ClN5O2/c1-11(2)22-10-19-20-17(22)13-5-4-6-21(9-13)16-7-12(3)15(23(24)25)8-14(16)18/h7-8,10-11,13H,4-6,9H2,1-3H3. The zero-order chi connectivity index (χ0) is 18.1. The molecule has 0 N–H and O–H groups in total. The van der Waals surface area contributed by atoms with Gasteiger partial charge in [0.25, 0.3) is 5.69 Å². The monoisotopic (exact) mass is 363 g/mol. The number of nitro groups is 1. The van der Waals surface area contributed by atoms with E-state index in [1.54, 1.807) is 13.3 Å². The lowest BCUT2D eigenvalue weighted by molar-refractivity contribution is -0.385. The Kier molecular flexibility index (Phi) is 4.94. The van der Waals surface area contributed by atoms with Crippen LogP contribution in [0.2, 0.25) is 5.02 Å². The summed E-state index contributed by atoms with van der Waals surface area (Å²) in [6.07, 6.45) is 3.84. The topological polar surface area (TPSA) is 77.1 Å². The highest BCUT2D eigenvalue weighted by atomic mass is 35.5. The highest BCUT2D eigenvalue weighted by Crippen LogP contribution is 2.36. The fourth-order valence-electron chi connectivity index (χ4n) is 3.44. The Hall–Kier alpha value is -2.15. The number of halogens is 1. The molecule has 0 saturated carbocycles. The first-order valence-electron chi connectivity index (χ1n) is 8.47. The van der Waals surface area contributed by atoms with Gasteiger partial charge in [-0.2, -0.15) is 0 Å². The number of hydrogen-bond donors (Lipinski definition) is 0. The van der Waals surface area contributed by atoms with Crippen LogP contribution in [-0.2, 0) is 0 Å². The number of anilines is 1. The van der Waals surface area contributed by atoms with Crippen molar-refractivity contribution < 1.29 is 4.92 Å². The van der Waals surface area contributed by atoms with Gasteiger partial charge in [0.05, 0.1) is 15.6 Å². The summed E-state index contributed by atoms with van der Waals surface area (Å²) in [5.41, 5.74) is 1.53. The predicted molar refractivity (Wildman–Crippen MR) is 97.4 cm³/mol. The highest BCUT2D eigenvalue weighted by Gasteiger charge is 2.28. The number of nitro benzene ring substituents is 1. The lowest BCUT2D eigenvalue weighted by Crippen LogP contribution is -2.35. The SMILES string of the molecule is Cc1cc(N2CCCC(c3nncn3C(C)C)C2)c(Cl)cc1[N+](=O)[O-]. The Balaban J connectivity index is 1.88. The number of hydrogen-bond acceptors (Lipinski definition) is 5. The Labute approximate surface area is 151 Å². The van der Waals surface area contributed by atoms with Crippen LogP contribution in [0, 0.1) is 17.0 Å². The molecule has 0 amide bonds. The van der Waals surface area contributed by atoms with Crippen LogP contribution in [0.25, 0.3) is 0 Å². The molecule has 3 rings (SSSR count). The zero-order valence-electron chi connectivity index (χ0n) is 14.6. The maximum atomic E-state index is 11.1. The van der Waals surface area contributed by atoms with Crippen LogP contribution in [0.1, 0.15) is 50.0 Å². The second kappa shape index (κ2) is 7.00. The fourth-order valence-corrected chi connectivity index (χ4v) is 3.72. The van der Waals surface area contributed by atoms with Crippen molar-refractivity contribution in [2.24, 2.45) is 0 Å². The smallest absolute Gasteiger partial charge is 0.273 e. The average Bonchev–Trinajstić information content (AvgIpc) is 3.06. The van der Waals surface area contributed by atoms with Crippen LogP contribution in [0.3, 0.4) is 0 Å². The molecule has 7 nitrogen and oxygen atoms in total. The molecule has 1 fully saturated rings. The van der Waals surface area contributed by atoms with Gasteiger partial charge < -0.3 is 9.47 Å². The van der Waals surface area contributed by atoms with Crippen molar-refractivity contribution in [2.45, 2.75) is 45.6 Å². The van der Waals surface area contributed by atoms with Gasteiger partial charge in [-0.1, -0.05) is 11.6 Å². The largest absolute Gasteiger partial charge is 0.370 e. The molecule has 8 heteroatoms. The third-order valence-electron chi connectivity index (χ3n) is 4.75. The quantitative estimate of drug-likeness (QED) is 0.603. The van der Waals surface area contributed by atoms with Gasteiger partial charge in [-0.3, -0.25) is 10.1 Å². The summed E-state index contributed by atoms with van der Waals surface area (Å²) in [7, 11) is 0. The molecule has 1 aromatic heterocycles. The van der Waals surface area contributed by atoms with Gasteiger partial charge in [-0.25, -0.2) is 0 Å². The van der Waals surface area contributed by atoms with Gasteiger partial charge >= 0.3 is 0 Å². The van der Waals surface area contributed by atoms with Crippen LogP contribution in [0.15, 0.2) is 18.5 Å². The fraction of sp³-hybridized carbons (Fsp3) is 0.529. The second-order valence-corrected chi connectivity index (χ2v) is 7.23. The molecule has 0 aliphatic carbocycles. The summed E-state index contributed by atoms with van der Waals surface area (Å²) in [6.45, 7) is 7.63. The van der Waals surface area contributed by atoms with Gasteiger partial charge in [-0.15, -0.1) is 10.2 Å². The Morgan fingerprint density at radius 1 is 1.40 bits per heavy atom. The van der Waals surface area contributed by atoms with Crippen molar-refractivity contribution in [3.05, 3.63) is 45.0 Å². The minimum Gasteiger partial charge on any atom is -0.370 e. The molecule has 134 valence electrons. The summed E-state index contributed by atoms with van der Waals surface area (Å²) in [5.74, 6) is 1.26. The minimum atomic E-state index is -0.394. The van der Waals surface area contributed by atoms with Crippen molar-refractivity contribution in [1.82, 2.24) is 14.8 Å². The molecule has 2 aromatic rings. The predicted octanol–water partition coefficient (Wildman–Crippen LogP) is 4.11. The van der Waals surface area contributed by atoms with E-state index in [2.05, 4.69) is 33.5 Å². The molecule has 1 aromatic carbocycles. The molecule has 1 atom stereocenters. The summed E-state index contributed by atoms with van der Waals surface area (Å²) in [4.78, 5) is 12.9. The summed E-state index contributed by atoms with van der Waals surface area (Å²) >= 11 is 6.35. The van der Waals surface area contributed by atoms with E-state index >= 15 is 0 Å².